The summed E-state index contributed by atoms with van der Waals surface area (Å²) in [6.45, 7) is 3.87. The van der Waals surface area contributed by atoms with Crippen molar-refractivity contribution in [2.75, 3.05) is 26.2 Å². The van der Waals surface area contributed by atoms with Crippen LogP contribution in [0.3, 0.4) is 0 Å². The van der Waals surface area contributed by atoms with E-state index in [4.69, 9.17) is 4.74 Å². The van der Waals surface area contributed by atoms with Crippen molar-refractivity contribution < 1.29 is 9.53 Å². The Labute approximate surface area is 180 Å². The molecule has 7 heteroatoms. The van der Waals surface area contributed by atoms with E-state index in [1.807, 2.05) is 35.5 Å². The lowest BCUT2D eigenvalue weighted by atomic mass is 9.83. The minimum Gasteiger partial charge on any atom is -0.361 e. The van der Waals surface area contributed by atoms with Crippen LogP contribution in [0.5, 0.6) is 0 Å². The largest absolute Gasteiger partial charge is 0.361 e. The molecule has 6 nitrogen and oxygen atoms in total. The molecule has 2 aliphatic heterocycles. The fourth-order valence-electron chi connectivity index (χ4n) is 4.63. The van der Waals surface area contributed by atoms with Gasteiger partial charge in [-0.05, 0) is 45.6 Å². The van der Waals surface area contributed by atoms with Gasteiger partial charge in [0.1, 0.15) is 0 Å². The van der Waals surface area contributed by atoms with Gasteiger partial charge in [-0.2, -0.15) is 11.3 Å². The molecule has 0 aliphatic carbocycles. The molecule has 1 spiro atoms. The molecule has 2 aliphatic rings. The van der Waals surface area contributed by atoms with Crippen molar-refractivity contribution in [2.24, 2.45) is 0 Å². The van der Waals surface area contributed by atoms with E-state index in [1.54, 1.807) is 23.7 Å². The third-order valence-corrected chi connectivity index (χ3v) is 6.73. The van der Waals surface area contributed by atoms with E-state index < -0.39 is 5.60 Å². The van der Waals surface area contributed by atoms with Crippen LogP contribution in [0.2, 0.25) is 0 Å². The molecule has 3 aromatic heterocycles. The molecule has 0 saturated carbocycles. The van der Waals surface area contributed by atoms with Gasteiger partial charge in [-0.3, -0.25) is 19.7 Å². The van der Waals surface area contributed by atoms with Crippen LogP contribution in [0.25, 0.3) is 0 Å². The Hall–Kier alpha value is -2.61. The molecule has 2 fully saturated rings. The number of amides is 1. The quantitative estimate of drug-likeness (QED) is 0.635. The molecule has 2 atom stereocenters. The summed E-state index contributed by atoms with van der Waals surface area (Å²) in [6.07, 6.45) is 7.22. The van der Waals surface area contributed by atoms with Crippen LogP contribution in [-0.4, -0.2) is 57.5 Å². The first-order chi connectivity index (χ1) is 14.7. The first kappa shape index (κ1) is 19.4. The van der Waals surface area contributed by atoms with Crippen LogP contribution in [0.15, 0.2) is 65.9 Å². The number of thiophene rings is 1. The van der Waals surface area contributed by atoms with E-state index in [1.165, 1.54) is 5.56 Å². The minimum absolute atomic E-state index is 0.0472. The first-order valence-electron chi connectivity index (χ1n) is 10.2. The SMILES string of the molecule is O=C1N(Cc2cccnc2)CCO[C@@]12CN(Cc1ccsc1)C[C@H]2c1cccnc1. The molecule has 5 heterocycles. The molecule has 0 unspecified atom stereocenters. The molecule has 154 valence electrons. The van der Waals surface area contributed by atoms with Gasteiger partial charge < -0.3 is 9.64 Å². The lowest BCUT2D eigenvalue weighted by Crippen LogP contribution is -2.59. The van der Waals surface area contributed by atoms with Gasteiger partial charge in [-0.1, -0.05) is 12.1 Å². The number of ether oxygens (including phenoxy) is 1. The highest BCUT2D eigenvalue weighted by Crippen LogP contribution is 2.42. The van der Waals surface area contributed by atoms with E-state index >= 15 is 0 Å². The topological polar surface area (TPSA) is 58.6 Å². The van der Waals surface area contributed by atoms with Gasteiger partial charge in [-0.25, -0.2) is 0 Å². The third-order valence-electron chi connectivity index (χ3n) is 6.00. The number of aromatic nitrogens is 2. The van der Waals surface area contributed by atoms with E-state index in [0.29, 0.717) is 26.2 Å². The number of nitrogens with zero attached hydrogens (tertiary/aromatic N) is 4. The third kappa shape index (κ3) is 3.64. The monoisotopic (exact) mass is 420 g/mol. The van der Waals surface area contributed by atoms with Gasteiger partial charge in [0.25, 0.3) is 5.91 Å². The van der Waals surface area contributed by atoms with Gasteiger partial charge in [0.15, 0.2) is 5.60 Å². The zero-order chi connectivity index (χ0) is 20.4. The van der Waals surface area contributed by atoms with Gasteiger partial charge in [0.2, 0.25) is 0 Å². The average Bonchev–Trinajstić information content (AvgIpc) is 3.42. The van der Waals surface area contributed by atoms with Crippen molar-refractivity contribution in [1.29, 1.82) is 0 Å². The van der Waals surface area contributed by atoms with Crippen LogP contribution < -0.4 is 0 Å². The van der Waals surface area contributed by atoms with Crippen molar-refractivity contribution in [2.45, 2.75) is 24.6 Å². The summed E-state index contributed by atoms with van der Waals surface area (Å²) in [6, 6.07) is 10.1. The zero-order valence-electron chi connectivity index (χ0n) is 16.7. The van der Waals surface area contributed by atoms with Gasteiger partial charge in [-0.15, -0.1) is 0 Å². The molecule has 0 N–H and O–H groups in total. The highest BCUT2D eigenvalue weighted by Gasteiger charge is 2.56. The highest BCUT2D eigenvalue weighted by atomic mass is 32.1. The second-order valence-electron chi connectivity index (χ2n) is 7.97. The number of hydrogen-bond acceptors (Lipinski definition) is 6. The zero-order valence-corrected chi connectivity index (χ0v) is 17.5. The van der Waals surface area contributed by atoms with Crippen LogP contribution in [0.1, 0.15) is 22.6 Å². The molecular formula is C23H24N4O2S. The maximum Gasteiger partial charge on any atom is 0.257 e. The molecule has 5 rings (SSSR count). The molecule has 0 bridgehead atoms. The summed E-state index contributed by atoms with van der Waals surface area (Å²) in [5, 5.41) is 4.26. The van der Waals surface area contributed by atoms with Crippen molar-refractivity contribution in [1.82, 2.24) is 19.8 Å². The van der Waals surface area contributed by atoms with Crippen molar-refractivity contribution in [3.8, 4) is 0 Å². The predicted molar refractivity (Wildman–Crippen MR) is 115 cm³/mol. The Bertz CT molecular complexity index is 983. The number of morpholine rings is 1. The molecule has 1 amide bonds. The maximum atomic E-state index is 13.8. The van der Waals surface area contributed by atoms with Crippen LogP contribution in [0, 0.1) is 0 Å². The van der Waals surface area contributed by atoms with E-state index in [0.717, 1.165) is 24.2 Å². The summed E-state index contributed by atoms with van der Waals surface area (Å²) in [5.41, 5.74) is 2.49. The lowest BCUT2D eigenvalue weighted by Gasteiger charge is -2.42. The van der Waals surface area contributed by atoms with Crippen molar-refractivity contribution in [3.63, 3.8) is 0 Å². The predicted octanol–water partition coefficient (Wildman–Crippen LogP) is 2.94. The first-order valence-corrected chi connectivity index (χ1v) is 11.1. The Morgan fingerprint density at radius 1 is 1.10 bits per heavy atom. The Morgan fingerprint density at radius 2 is 1.97 bits per heavy atom. The van der Waals surface area contributed by atoms with E-state index in [-0.39, 0.29) is 11.8 Å². The number of hydrogen-bond donors (Lipinski definition) is 0. The molecule has 3 aromatic rings. The Kier molecular flexibility index (Phi) is 5.33. The number of pyridine rings is 2. The summed E-state index contributed by atoms with van der Waals surface area (Å²) >= 11 is 1.70. The molecule has 0 radical (unpaired) electrons. The average molecular weight is 421 g/mol. The van der Waals surface area contributed by atoms with Gasteiger partial charge in [0, 0.05) is 63.4 Å². The van der Waals surface area contributed by atoms with Gasteiger partial charge in [0.05, 0.1) is 6.61 Å². The van der Waals surface area contributed by atoms with Crippen LogP contribution in [0.4, 0.5) is 0 Å². The highest BCUT2D eigenvalue weighted by molar-refractivity contribution is 7.07. The van der Waals surface area contributed by atoms with Crippen molar-refractivity contribution in [3.05, 3.63) is 82.6 Å². The fourth-order valence-corrected chi connectivity index (χ4v) is 5.29. The minimum atomic E-state index is -0.875. The van der Waals surface area contributed by atoms with E-state index in [9.17, 15) is 4.79 Å². The second kappa shape index (κ2) is 8.26. The molecule has 30 heavy (non-hydrogen) atoms. The molecule has 2 saturated heterocycles. The fraction of sp³-hybridized carbons (Fsp3) is 0.348. The second-order valence-corrected chi connectivity index (χ2v) is 8.75. The number of carbonyl (C=O) groups is 1. The van der Waals surface area contributed by atoms with Crippen LogP contribution >= 0.6 is 11.3 Å². The normalized spacial score (nSPS) is 24.6. The summed E-state index contributed by atoms with van der Waals surface area (Å²) in [7, 11) is 0. The summed E-state index contributed by atoms with van der Waals surface area (Å²) < 4.78 is 6.35. The summed E-state index contributed by atoms with van der Waals surface area (Å²) in [4.78, 5) is 26.6. The number of likely N-dealkylation sites (tertiary alicyclic amines) is 1. The number of carbonyl (C=O) groups excluding carboxylic acids is 1. The molecular weight excluding hydrogens is 396 g/mol. The standard InChI is InChI=1S/C23H24N4O2S/c28-22-23(29-9-8-27(22)14-18-3-1-6-24-11-18)17-26(13-19-5-10-30-16-19)15-21(23)20-4-2-7-25-12-20/h1-7,10-12,16,21H,8-9,13-15,17H2/t21-,23+/m0/s1. The Morgan fingerprint density at radius 3 is 2.70 bits per heavy atom. The lowest BCUT2D eigenvalue weighted by molar-refractivity contribution is -0.173. The smallest absolute Gasteiger partial charge is 0.257 e. The van der Waals surface area contributed by atoms with E-state index in [2.05, 4.69) is 37.8 Å². The van der Waals surface area contributed by atoms with Gasteiger partial charge >= 0.3 is 0 Å². The summed E-state index contributed by atoms with van der Waals surface area (Å²) in [5.74, 6) is 0.0216. The van der Waals surface area contributed by atoms with Crippen LogP contribution in [-0.2, 0) is 22.6 Å². The maximum absolute atomic E-state index is 13.8. The Balaban J connectivity index is 1.45. The number of rotatable bonds is 5. The van der Waals surface area contributed by atoms with Crippen molar-refractivity contribution >= 4 is 17.2 Å². The molecule has 0 aromatic carbocycles.